The van der Waals surface area contributed by atoms with Crippen LogP contribution < -0.4 is 10.6 Å². The Morgan fingerprint density at radius 2 is 2.30 bits per heavy atom. The number of hydrogen-bond acceptors (Lipinski definition) is 3. The molecule has 0 aromatic carbocycles. The third kappa shape index (κ3) is 3.83. The second kappa shape index (κ2) is 7.23. The quantitative estimate of drug-likeness (QED) is 0.876. The molecule has 2 atom stereocenters. The Labute approximate surface area is 126 Å². The molecule has 0 radical (unpaired) electrons. The van der Waals surface area contributed by atoms with Crippen LogP contribution >= 0.6 is 11.3 Å². The monoisotopic (exact) mass is 294 g/mol. The van der Waals surface area contributed by atoms with Crippen LogP contribution in [0.5, 0.6) is 0 Å². The number of rotatable bonds is 5. The van der Waals surface area contributed by atoms with E-state index in [-0.39, 0.29) is 5.91 Å². The Balaban J connectivity index is 2.01. The number of piperidine rings is 1. The first-order chi connectivity index (χ1) is 9.63. The molecule has 0 spiro atoms. The maximum Gasteiger partial charge on any atom is 0.261 e. The molecule has 2 unspecified atom stereocenters. The van der Waals surface area contributed by atoms with Crippen LogP contribution in [0.15, 0.2) is 6.07 Å². The van der Waals surface area contributed by atoms with Crippen LogP contribution in [0.4, 0.5) is 0 Å². The van der Waals surface area contributed by atoms with Gasteiger partial charge >= 0.3 is 0 Å². The van der Waals surface area contributed by atoms with Crippen molar-refractivity contribution >= 4 is 17.2 Å². The Kier molecular flexibility index (Phi) is 5.61. The van der Waals surface area contributed by atoms with Crippen LogP contribution in [0.3, 0.4) is 0 Å². The van der Waals surface area contributed by atoms with Crippen molar-refractivity contribution in [2.24, 2.45) is 0 Å². The summed E-state index contributed by atoms with van der Waals surface area (Å²) in [6.45, 7) is 7.53. The molecule has 1 saturated heterocycles. The third-order valence-electron chi connectivity index (χ3n) is 3.94. The summed E-state index contributed by atoms with van der Waals surface area (Å²) in [6, 6.07) is 2.91. The largest absolute Gasteiger partial charge is 0.349 e. The van der Waals surface area contributed by atoms with Gasteiger partial charge < -0.3 is 10.6 Å². The van der Waals surface area contributed by atoms with Gasteiger partial charge in [0.1, 0.15) is 0 Å². The van der Waals surface area contributed by atoms with E-state index in [1.165, 1.54) is 10.4 Å². The van der Waals surface area contributed by atoms with Gasteiger partial charge in [-0.2, -0.15) is 0 Å². The minimum absolute atomic E-state index is 0.117. The molecule has 0 bridgehead atoms. The second-order valence-electron chi connectivity index (χ2n) is 5.71. The standard InChI is InChI=1S/C16H26N2OS/c1-4-6-14-12(5-2)10-15(20-14)16(19)18-13-7-8-17-11(3)9-13/h10-11,13,17H,4-9H2,1-3H3,(H,18,19). The van der Waals surface area contributed by atoms with E-state index in [9.17, 15) is 4.79 Å². The van der Waals surface area contributed by atoms with E-state index in [1.807, 2.05) is 0 Å². The average Bonchev–Trinajstić information content (AvgIpc) is 2.82. The van der Waals surface area contributed by atoms with Gasteiger partial charge in [0, 0.05) is 17.0 Å². The number of aryl methyl sites for hydroxylation is 2. The van der Waals surface area contributed by atoms with Crippen molar-refractivity contribution in [3.63, 3.8) is 0 Å². The fraction of sp³-hybridized carbons (Fsp3) is 0.688. The second-order valence-corrected chi connectivity index (χ2v) is 6.85. The smallest absolute Gasteiger partial charge is 0.261 e. The Morgan fingerprint density at radius 3 is 2.95 bits per heavy atom. The summed E-state index contributed by atoms with van der Waals surface area (Å²) in [4.78, 5) is 14.7. The number of carbonyl (C=O) groups is 1. The fourth-order valence-corrected chi connectivity index (χ4v) is 4.09. The highest BCUT2D eigenvalue weighted by Crippen LogP contribution is 2.25. The molecule has 1 fully saturated rings. The van der Waals surface area contributed by atoms with Crippen molar-refractivity contribution in [3.8, 4) is 0 Å². The normalized spacial score (nSPS) is 22.8. The zero-order chi connectivity index (χ0) is 14.5. The predicted octanol–water partition coefficient (Wildman–Crippen LogP) is 3.13. The molecule has 2 N–H and O–H groups in total. The first-order valence-corrected chi connectivity index (χ1v) is 8.61. The topological polar surface area (TPSA) is 41.1 Å². The van der Waals surface area contributed by atoms with Crippen molar-refractivity contribution < 1.29 is 4.79 Å². The van der Waals surface area contributed by atoms with Crippen molar-refractivity contribution in [1.29, 1.82) is 0 Å². The number of carbonyl (C=O) groups excluding carboxylic acids is 1. The Morgan fingerprint density at radius 1 is 1.50 bits per heavy atom. The van der Waals surface area contributed by atoms with Gasteiger partial charge in [0.15, 0.2) is 0 Å². The van der Waals surface area contributed by atoms with E-state index < -0.39 is 0 Å². The number of amides is 1. The summed E-state index contributed by atoms with van der Waals surface area (Å²) in [5.74, 6) is 0.117. The fourth-order valence-electron chi connectivity index (χ4n) is 2.84. The zero-order valence-corrected chi connectivity index (χ0v) is 13.6. The lowest BCUT2D eigenvalue weighted by atomic mass is 10.0. The van der Waals surface area contributed by atoms with E-state index in [0.717, 1.165) is 43.5 Å². The molecule has 2 rings (SSSR count). The lowest BCUT2D eigenvalue weighted by molar-refractivity contribution is 0.0930. The van der Waals surface area contributed by atoms with Crippen LogP contribution in [-0.4, -0.2) is 24.5 Å². The Hall–Kier alpha value is -0.870. The van der Waals surface area contributed by atoms with Gasteiger partial charge in [0.05, 0.1) is 4.88 Å². The summed E-state index contributed by atoms with van der Waals surface area (Å²) in [5.41, 5.74) is 1.35. The summed E-state index contributed by atoms with van der Waals surface area (Å²) < 4.78 is 0. The molecule has 0 saturated carbocycles. The van der Waals surface area contributed by atoms with Gasteiger partial charge in [-0.3, -0.25) is 4.79 Å². The van der Waals surface area contributed by atoms with Crippen molar-refractivity contribution in [2.45, 2.75) is 65.0 Å². The SMILES string of the molecule is CCCc1sc(C(=O)NC2CCNC(C)C2)cc1CC. The van der Waals surface area contributed by atoms with Crippen molar-refractivity contribution in [1.82, 2.24) is 10.6 Å². The minimum atomic E-state index is 0.117. The molecule has 1 aromatic heterocycles. The molecule has 1 aliphatic rings. The molecule has 112 valence electrons. The highest BCUT2D eigenvalue weighted by atomic mass is 32.1. The van der Waals surface area contributed by atoms with Crippen molar-refractivity contribution in [3.05, 3.63) is 21.4 Å². The van der Waals surface area contributed by atoms with Crippen molar-refractivity contribution in [2.75, 3.05) is 6.54 Å². The maximum absolute atomic E-state index is 12.4. The van der Waals surface area contributed by atoms with Gasteiger partial charge in [0.2, 0.25) is 0 Å². The van der Waals surface area contributed by atoms with Gasteiger partial charge in [-0.1, -0.05) is 20.3 Å². The zero-order valence-electron chi connectivity index (χ0n) is 12.8. The lowest BCUT2D eigenvalue weighted by Crippen LogP contribution is -2.46. The minimum Gasteiger partial charge on any atom is -0.349 e. The lowest BCUT2D eigenvalue weighted by Gasteiger charge is -2.28. The molecular formula is C16H26N2OS. The molecule has 3 nitrogen and oxygen atoms in total. The Bertz CT molecular complexity index is 455. The molecule has 1 amide bonds. The first-order valence-electron chi connectivity index (χ1n) is 7.79. The van der Waals surface area contributed by atoms with Crippen LogP contribution in [0, 0.1) is 0 Å². The third-order valence-corrected chi connectivity index (χ3v) is 5.17. The number of hydrogen-bond donors (Lipinski definition) is 2. The molecule has 4 heteroatoms. The van der Waals surface area contributed by atoms with Crippen LogP contribution in [0.25, 0.3) is 0 Å². The van der Waals surface area contributed by atoms with E-state index in [1.54, 1.807) is 11.3 Å². The van der Waals surface area contributed by atoms with Crippen LogP contribution in [-0.2, 0) is 12.8 Å². The van der Waals surface area contributed by atoms with Gasteiger partial charge in [-0.25, -0.2) is 0 Å². The predicted molar refractivity (Wildman–Crippen MR) is 85.6 cm³/mol. The summed E-state index contributed by atoms with van der Waals surface area (Å²) in [6.07, 6.45) is 5.30. The van der Waals surface area contributed by atoms with Gasteiger partial charge in [-0.05, 0) is 50.8 Å². The van der Waals surface area contributed by atoms with Crippen LogP contribution in [0.2, 0.25) is 0 Å². The molecule has 2 heterocycles. The summed E-state index contributed by atoms with van der Waals surface area (Å²) in [5, 5.41) is 6.62. The van der Waals surface area contributed by atoms with Crippen LogP contribution in [0.1, 0.15) is 60.1 Å². The number of nitrogens with one attached hydrogen (secondary N) is 2. The number of thiophene rings is 1. The first kappa shape index (κ1) is 15.5. The summed E-state index contributed by atoms with van der Waals surface area (Å²) >= 11 is 1.68. The highest BCUT2D eigenvalue weighted by molar-refractivity contribution is 7.14. The summed E-state index contributed by atoms with van der Waals surface area (Å²) in [7, 11) is 0. The van der Waals surface area contributed by atoms with E-state index in [4.69, 9.17) is 0 Å². The molecular weight excluding hydrogens is 268 g/mol. The molecule has 20 heavy (non-hydrogen) atoms. The highest BCUT2D eigenvalue weighted by Gasteiger charge is 2.21. The molecule has 0 aliphatic carbocycles. The molecule has 1 aromatic rings. The van der Waals surface area contributed by atoms with Gasteiger partial charge in [-0.15, -0.1) is 11.3 Å². The van der Waals surface area contributed by atoms with E-state index in [2.05, 4.69) is 37.5 Å². The van der Waals surface area contributed by atoms with E-state index >= 15 is 0 Å². The van der Waals surface area contributed by atoms with E-state index in [0.29, 0.717) is 12.1 Å². The molecule has 1 aliphatic heterocycles. The average molecular weight is 294 g/mol. The maximum atomic E-state index is 12.4. The van der Waals surface area contributed by atoms with Gasteiger partial charge in [0.25, 0.3) is 5.91 Å².